The molecule has 2 aliphatic rings. The van der Waals surface area contributed by atoms with Gasteiger partial charge in [-0.05, 0) is 25.8 Å². The van der Waals surface area contributed by atoms with Crippen LogP contribution in [-0.2, 0) is 23.6 Å². The molecule has 28 heavy (non-hydrogen) atoms. The fourth-order valence-electron chi connectivity index (χ4n) is 3.91. The minimum Gasteiger partial charge on any atom is -0.379 e. The Morgan fingerprint density at radius 3 is 2.68 bits per heavy atom. The summed E-state index contributed by atoms with van der Waals surface area (Å²) in [7, 11) is 3.13. The monoisotopic (exact) mass is 393 g/mol. The van der Waals surface area contributed by atoms with Gasteiger partial charge >= 0.3 is 5.69 Å². The summed E-state index contributed by atoms with van der Waals surface area (Å²) >= 11 is 0. The highest BCUT2D eigenvalue weighted by Crippen LogP contribution is 2.21. The van der Waals surface area contributed by atoms with Crippen LogP contribution in [0.5, 0.6) is 0 Å². The minimum absolute atomic E-state index is 0.0560. The van der Waals surface area contributed by atoms with Gasteiger partial charge < -0.3 is 15.0 Å². The topological polar surface area (TPSA) is 88.8 Å². The van der Waals surface area contributed by atoms with E-state index in [1.54, 1.807) is 7.05 Å². The standard InChI is InChI=1S/C19H31N5O4/c1-21-16(13-17(25)22(2)19(21)27)24-8-3-5-15(14-24)18(26)20-6-4-7-23-9-11-28-12-10-23/h13,15H,3-12,14H2,1-2H3,(H,20,26)/t15-/m0/s1. The zero-order valence-electron chi connectivity index (χ0n) is 16.9. The summed E-state index contributed by atoms with van der Waals surface area (Å²) in [5, 5.41) is 3.05. The molecular formula is C19H31N5O4. The molecular weight excluding hydrogens is 362 g/mol. The van der Waals surface area contributed by atoms with E-state index in [-0.39, 0.29) is 23.1 Å². The van der Waals surface area contributed by atoms with Crippen molar-refractivity contribution in [2.45, 2.75) is 19.3 Å². The molecule has 0 bridgehead atoms. The summed E-state index contributed by atoms with van der Waals surface area (Å²) in [4.78, 5) is 41.1. The Morgan fingerprint density at radius 1 is 1.18 bits per heavy atom. The molecule has 0 unspecified atom stereocenters. The van der Waals surface area contributed by atoms with Gasteiger partial charge in [0, 0.05) is 52.9 Å². The average molecular weight is 393 g/mol. The maximum Gasteiger partial charge on any atom is 0.332 e. The second-order valence-electron chi connectivity index (χ2n) is 7.63. The second kappa shape index (κ2) is 9.38. The molecule has 0 saturated carbocycles. The molecule has 1 aromatic rings. The van der Waals surface area contributed by atoms with Gasteiger partial charge in [0.05, 0.1) is 19.1 Å². The van der Waals surface area contributed by atoms with E-state index in [9.17, 15) is 14.4 Å². The van der Waals surface area contributed by atoms with E-state index in [2.05, 4.69) is 10.2 Å². The lowest BCUT2D eigenvalue weighted by Gasteiger charge is -2.34. The van der Waals surface area contributed by atoms with Crippen molar-refractivity contribution in [2.75, 3.05) is 57.4 Å². The zero-order chi connectivity index (χ0) is 20.1. The second-order valence-corrected chi connectivity index (χ2v) is 7.63. The predicted molar refractivity (Wildman–Crippen MR) is 107 cm³/mol. The van der Waals surface area contributed by atoms with Crippen molar-refractivity contribution in [2.24, 2.45) is 20.0 Å². The maximum atomic E-state index is 12.6. The number of nitrogens with zero attached hydrogens (tertiary/aromatic N) is 4. The Hall–Kier alpha value is -2.13. The van der Waals surface area contributed by atoms with Crippen molar-refractivity contribution in [3.63, 3.8) is 0 Å². The molecule has 9 nitrogen and oxygen atoms in total. The number of rotatable bonds is 6. The molecule has 0 aromatic carbocycles. The zero-order valence-corrected chi connectivity index (χ0v) is 16.9. The highest BCUT2D eigenvalue weighted by Gasteiger charge is 2.27. The van der Waals surface area contributed by atoms with Crippen molar-refractivity contribution in [3.8, 4) is 0 Å². The van der Waals surface area contributed by atoms with Gasteiger partial charge in [-0.25, -0.2) is 4.79 Å². The van der Waals surface area contributed by atoms with Crippen LogP contribution in [0.3, 0.4) is 0 Å². The fourth-order valence-corrected chi connectivity index (χ4v) is 3.91. The number of ether oxygens (including phenoxy) is 1. The molecule has 0 radical (unpaired) electrons. The first kappa shape index (κ1) is 20.6. The van der Waals surface area contributed by atoms with Crippen molar-refractivity contribution < 1.29 is 9.53 Å². The number of carbonyl (C=O) groups excluding carboxylic acids is 1. The molecule has 156 valence electrons. The van der Waals surface area contributed by atoms with E-state index in [0.29, 0.717) is 18.9 Å². The fraction of sp³-hybridized carbons (Fsp3) is 0.737. The van der Waals surface area contributed by atoms with Gasteiger partial charge in [-0.1, -0.05) is 0 Å². The molecule has 2 fully saturated rings. The normalized spacial score (nSPS) is 20.9. The smallest absolute Gasteiger partial charge is 0.332 e. The van der Waals surface area contributed by atoms with Gasteiger partial charge in [-0.2, -0.15) is 0 Å². The van der Waals surface area contributed by atoms with E-state index in [0.717, 1.165) is 63.2 Å². The molecule has 3 heterocycles. The van der Waals surface area contributed by atoms with E-state index >= 15 is 0 Å². The molecule has 2 aliphatic heterocycles. The SMILES string of the molecule is Cn1c(N2CCC[C@H](C(=O)NCCCN3CCOCC3)C2)cc(=O)n(C)c1=O. The lowest BCUT2D eigenvalue weighted by Crippen LogP contribution is -2.47. The van der Waals surface area contributed by atoms with E-state index in [1.807, 2.05) is 4.90 Å². The van der Waals surface area contributed by atoms with Crippen molar-refractivity contribution >= 4 is 11.7 Å². The summed E-state index contributed by atoms with van der Waals surface area (Å²) in [5.74, 6) is 0.509. The first-order chi connectivity index (χ1) is 13.5. The average Bonchev–Trinajstić information content (AvgIpc) is 2.73. The Labute approximate surface area is 164 Å². The summed E-state index contributed by atoms with van der Waals surface area (Å²) in [6, 6.07) is 1.48. The minimum atomic E-state index is -0.350. The van der Waals surface area contributed by atoms with Gasteiger partial charge in [-0.3, -0.25) is 23.6 Å². The first-order valence-corrected chi connectivity index (χ1v) is 10.1. The predicted octanol–water partition coefficient (Wildman–Crippen LogP) is -0.861. The highest BCUT2D eigenvalue weighted by molar-refractivity contribution is 5.79. The Balaban J connectivity index is 1.52. The van der Waals surface area contributed by atoms with Gasteiger partial charge in [0.2, 0.25) is 5.91 Å². The largest absolute Gasteiger partial charge is 0.379 e. The number of morpholine rings is 1. The number of hydrogen-bond donors (Lipinski definition) is 1. The van der Waals surface area contributed by atoms with Crippen LogP contribution in [-0.4, -0.2) is 72.4 Å². The third-order valence-electron chi connectivity index (χ3n) is 5.67. The van der Waals surface area contributed by atoms with Gasteiger partial charge in [0.25, 0.3) is 5.56 Å². The Bertz CT molecular complexity index is 796. The third kappa shape index (κ3) is 4.82. The van der Waals surface area contributed by atoms with Crippen molar-refractivity contribution in [1.82, 2.24) is 19.4 Å². The third-order valence-corrected chi connectivity index (χ3v) is 5.67. The number of nitrogens with one attached hydrogen (secondary N) is 1. The van der Waals surface area contributed by atoms with E-state index in [4.69, 9.17) is 4.74 Å². The molecule has 1 amide bonds. The van der Waals surface area contributed by atoms with Crippen LogP contribution in [0.4, 0.5) is 5.82 Å². The molecule has 2 saturated heterocycles. The van der Waals surface area contributed by atoms with Crippen molar-refractivity contribution in [3.05, 3.63) is 26.9 Å². The Kier molecular flexibility index (Phi) is 6.90. The summed E-state index contributed by atoms with van der Waals surface area (Å²) in [6.07, 6.45) is 2.60. The van der Waals surface area contributed by atoms with Gasteiger partial charge in [0.1, 0.15) is 5.82 Å². The molecule has 3 rings (SSSR count). The quantitative estimate of drug-likeness (QED) is 0.633. The van der Waals surface area contributed by atoms with Crippen LogP contribution in [0.25, 0.3) is 0 Å². The van der Waals surface area contributed by atoms with Crippen LogP contribution in [0.2, 0.25) is 0 Å². The molecule has 1 aromatic heterocycles. The van der Waals surface area contributed by atoms with E-state index < -0.39 is 0 Å². The molecule has 9 heteroatoms. The van der Waals surface area contributed by atoms with Crippen LogP contribution in [0, 0.1) is 5.92 Å². The summed E-state index contributed by atoms with van der Waals surface area (Å²) in [6.45, 7) is 6.39. The lowest BCUT2D eigenvalue weighted by molar-refractivity contribution is -0.125. The summed E-state index contributed by atoms with van der Waals surface area (Å²) < 4.78 is 7.91. The lowest BCUT2D eigenvalue weighted by atomic mass is 9.97. The first-order valence-electron chi connectivity index (χ1n) is 10.1. The molecule has 0 aliphatic carbocycles. The molecule has 0 spiro atoms. The highest BCUT2D eigenvalue weighted by atomic mass is 16.5. The van der Waals surface area contributed by atoms with Gasteiger partial charge in [0.15, 0.2) is 0 Å². The number of anilines is 1. The van der Waals surface area contributed by atoms with Crippen LogP contribution in [0.1, 0.15) is 19.3 Å². The Morgan fingerprint density at radius 2 is 1.93 bits per heavy atom. The number of piperidine rings is 1. The van der Waals surface area contributed by atoms with Crippen LogP contribution >= 0.6 is 0 Å². The van der Waals surface area contributed by atoms with Crippen LogP contribution < -0.4 is 21.5 Å². The van der Waals surface area contributed by atoms with Crippen molar-refractivity contribution in [1.29, 1.82) is 0 Å². The molecule has 1 N–H and O–H groups in total. The van der Waals surface area contributed by atoms with Crippen LogP contribution in [0.15, 0.2) is 15.7 Å². The summed E-state index contributed by atoms with van der Waals surface area (Å²) in [5.41, 5.74) is -0.676. The number of carbonyl (C=O) groups is 1. The maximum absolute atomic E-state index is 12.6. The number of aromatic nitrogens is 2. The van der Waals surface area contributed by atoms with Gasteiger partial charge in [-0.15, -0.1) is 0 Å². The molecule has 1 atom stereocenters. The van der Waals surface area contributed by atoms with E-state index in [1.165, 1.54) is 17.7 Å². The number of hydrogen-bond acceptors (Lipinski definition) is 6. The number of amides is 1.